The van der Waals surface area contributed by atoms with Crippen LogP contribution in [0.4, 0.5) is 13.2 Å². The lowest BCUT2D eigenvalue weighted by molar-refractivity contribution is -0.144. The van der Waals surface area contributed by atoms with Gasteiger partial charge in [-0.25, -0.2) is 9.50 Å². The van der Waals surface area contributed by atoms with E-state index in [9.17, 15) is 18.0 Å². The zero-order valence-corrected chi connectivity index (χ0v) is 17.6. The fourth-order valence-corrected chi connectivity index (χ4v) is 3.62. The third kappa shape index (κ3) is 5.25. The molecule has 8 nitrogen and oxygen atoms in total. The highest BCUT2D eigenvalue weighted by molar-refractivity contribution is 5.79. The Morgan fingerprint density at radius 2 is 2.03 bits per heavy atom. The fraction of sp³-hybridized carbons (Fsp3) is 0.684. The summed E-state index contributed by atoms with van der Waals surface area (Å²) in [6.45, 7) is 11.2. The molecule has 1 amide bonds. The van der Waals surface area contributed by atoms with Crippen molar-refractivity contribution >= 4 is 11.7 Å². The van der Waals surface area contributed by atoms with Gasteiger partial charge in [0.2, 0.25) is 5.91 Å². The van der Waals surface area contributed by atoms with Gasteiger partial charge in [-0.05, 0) is 19.8 Å². The molecule has 1 saturated heterocycles. The lowest BCUT2D eigenvalue weighted by atomic mass is 10.1. The fourth-order valence-electron chi connectivity index (χ4n) is 3.62. The van der Waals surface area contributed by atoms with Crippen molar-refractivity contribution in [3.63, 3.8) is 0 Å². The maximum Gasteiger partial charge on any atom is 0.453 e. The van der Waals surface area contributed by atoms with E-state index in [1.807, 2.05) is 0 Å². The van der Waals surface area contributed by atoms with E-state index in [0.29, 0.717) is 36.0 Å². The van der Waals surface area contributed by atoms with Crippen LogP contribution in [0.15, 0.2) is 0 Å². The Morgan fingerprint density at radius 3 is 2.70 bits per heavy atom. The Bertz CT molecular complexity index is 912. The summed E-state index contributed by atoms with van der Waals surface area (Å²) >= 11 is 0. The number of hydrogen-bond donors (Lipinski definition) is 1. The monoisotopic (exact) mass is 428 g/mol. The normalized spacial score (nSPS) is 18.3. The molecule has 30 heavy (non-hydrogen) atoms. The van der Waals surface area contributed by atoms with Crippen LogP contribution in [-0.2, 0) is 22.1 Å². The second kappa shape index (κ2) is 8.84. The third-order valence-corrected chi connectivity index (χ3v) is 5.01. The van der Waals surface area contributed by atoms with E-state index in [-0.39, 0.29) is 24.2 Å². The number of hydrogen-bond acceptors (Lipinski definition) is 6. The van der Waals surface area contributed by atoms with Gasteiger partial charge in [0.15, 0.2) is 0 Å². The van der Waals surface area contributed by atoms with Crippen LogP contribution in [0.3, 0.4) is 0 Å². The molecule has 166 valence electrons. The molecule has 0 bridgehead atoms. The van der Waals surface area contributed by atoms with Gasteiger partial charge in [0, 0.05) is 43.1 Å². The summed E-state index contributed by atoms with van der Waals surface area (Å²) < 4.78 is 45.5. The SMILES string of the molecule is Cc1nc2nc(C(F)(F)F)nn2c(C)c1CC(=O)NCC1CN(CC(C)C)CCO1. The quantitative estimate of drug-likeness (QED) is 0.755. The predicted molar refractivity (Wildman–Crippen MR) is 103 cm³/mol. The number of amides is 1. The molecule has 1 aliphatic rings. The number of aryl methyl sites for hydroxylation is 2. The van der Waals surface area contributed by atoms with Crippen LogP contribution >= 0.6 is 0 Å². The molecule has 1 N–H and O–H groups in total. The van der Waals surface area contributed by atoms with Gasteiger partial charge in [-0.1, -0.05) is 13.8 Å². The van der Waals surface area contributed by atoms with Crippen molar-refractivity contribution in [2.75, 3.05) is 32.8 Å². The molecule has 0 aromatic carbocycles. The number of nitrogens with one attached hydrogen (secondary N) is 1. The average molecular weight is 428 g/mol. The van der Waals surface area contributed by atoms with Crippen molar-refractivity contribution in [2.45, 2.75) is 46.4 Å². The van der Waals surface area contributed by atoms with Crippen LogP contribution in [-0.4, -0.2) is 69.3 Å². The van der Waals surface area contributed by atoms with E-state index in [2.05, 4.69) is 39.1 Å². The van der Waals surface area contributed by atoms with Gasteiger partial charge in [-0.2, -0.15) is 18.2 Å². The smallest absolute Gasteiger partial charge is 0.374 e. The van der Waals surface area contributed by atoms with Crippen molar-refractivity contribution in [2.24, 2.45) is 5.92 Å². The van der Waals surface area contributed by atoms with Crippen LogP contribution in [0.1, 0.15) is 36.6 Å². The van der Waals surface area contributed by atoms with Gasteiger partial charge >= 0.3 is 6.18 Å². The molecular weight excluding hydrogens is 401 g/mol. The topological polar surface area (TPSA) is 84.6 Å². The first-order valence-electron chi connectivity index (χ1n) is 9.95. The number of fused-ring (bicyclic) bond motifs is 1. The number of ether oxygens (including phenoxy) is 1. The minimum atomic E-state index is -4.66. The molecule has 1 atom stereocenters. The lowest BCUT2D eigenvalue weighted by Gasteiger charge is -2.34. The number of carbonyl (C=O) groups is 1. The highest BCUT2D eigenvalue weighted by Gasteiger charge is 2.37. The summed E-state index contributed by atoms with van der Waals surface area (Å²) in [7, 11) is 0. The minimum Gasteiger partial charge on any atom is -0.374 e. The van der Waals surface area contributed by atoms with Crippen LogP contribution < -0.4 is 5.32 Å². The van der Waals surface area contributed by atoms with Crippen LogP contribution in [0.2, 0.25) is 0 Å². The molecule has 1 unspecified atom stereocenters. The zero-order chi connectivity index (χ0) is 22.1. The largest absolute Gasteiger partial charge is 0.453 e. The number of rotatable bonds is 6. The summed E-state index contributed by atoms with van der Waals surface area (Å²) in [5.74, 6) is -1.08. The molecule has 1 fully saturated rings. The molecule has 0 aliphatic carbocycles. The molecule has 2 aromatic rings. The van der Waals surface area contributed by atoms with Crippen molar-refractivity contribution in [1.29, 1.82) is 0 Å². The minimum absolute atomic E-state index is 0.00968. The lowest BCUT2D eigenvalue weighted by Crippen LogP contribution is -2.48. The van der Waals surface area contributed by atoms with Crippen molar-refractivity contribution in [1.82, 2.24) is 29.8 Å². The van der Waals surface area contributed by atoms with Gasteiger partial charge in [-0.15, -0.1) is 5.10 Å². The second-order valence-electron chi connectivity index (χ2n) is 8.03. The highest BCUT2D eigenvalue weighted by atomic mass is 19.4. The van der Waals surface area contributed by atoms with Crippen LogP contribution in [0.5, 0.6) is 0 Å². The van der Waals surface area contributed by atoms with E-state index in [1.165, 1.54) is 0 Å². The van der Waals surface area contributed by atoms with E-state index < -0.39 is 12.0 Å². The molecule has 0 radical (unpaired) electrons. The third-order valence-electron chi connectivity index (χ3n) is 5.01. The van der Waals surface area contributed by atoms with E-state index in [4.69, 9.17) is 4.74 Å². The van der Waals surface area contributed by atoms with E-state index >= 15 is 0 Å². The Morgan fingerprint density at radius 1 is 1.30 bits per heavy atom. The molecule has 1 aliphatic heterocycles. The van der Waals surface area contributed by atoms with E-state index in [1.54, 1.807) is 13.8 Å². The van der Waals surface area contributed by atoms with Crippen LogP contribution in [0, 0.1) is 19.8 Å². The first kappa shape index (κ1) is 22.4. The molecular formula is C19H27F3N6O2. The Hall–Kier alpha value is -2.27. The second-order valence-corrected chi connectivity index (χ2v) is 8.03. The Kier molecular flexibility index (Phi) is 6.61. The maximum atomic E-state index is 12.9. The summed E-state index contributed by atoms with van der Waals surface area (Å²) in [6.07, 6.45) is -4.76. The number of aromatic nitrogens is 4. The number of carbonyl (C=O) groups excluding carboxylic acids is 1. The Labute approximate surface area is 172 Å². The number of halogens is 3. The van der Waals surface area contributed by atoms with Gasteiger partial charge in [-0.3, -0.25) is 9.69 Å². The molecule has 3 heterocycles. The maximum absolute atomic E-state index is 12.9. The summed E-state index contributed by atoms with van der Waals surface area (Å²) in [4.78, 5) is 22.3. The van der Waals surface area contributed by atoms with Crippen molar-refractivity contribution < 1.29 is 22.7 Å². The van der Waals surface area contributed by atoms with Gasteiger partial charge in [0.1, 0.15) is 0 Å². The zero-order valence-electron chi connectivity index (χ0n) is 17.6. The van der Waals surface area contributed by atoms with Gasteiger partial charge in [0.25, 0.3) is 11.6 Å². The standard InChI is InChI=1S/C19H27F3N6O2/c1-11(2)9-27-5-6-30-14(10-27)8-23-16(29)7-15-12(3)24-18-25-17(19(20,21)22)26-28(18)13(15)4/h11,14H,5-10H2,1-4H3,(H,23,29). The van der Waals surface area contributed by atoms with E-state index in [0.717, 1.165) is 24.1 Å². The number of alkyl halides is 3. The summed E-state index contributed by atoms with van der Waals surface area (Å²) in [6, 6.07) is 0. The van der Waals surface area contributed by atoms with Gasteiger partial charge < -0.3 is 10.1 Å². The molecule has 0 saturated carbocycles. The number of morpholine rings is 1. The first-order valence-corrected chi connectivity index (χ1v) is 9.95. The summed E-state index contributed by atoms with van der Waals surface area (Å²) in [5.41, 5.74) is 1.39. The Balaban J connectivity index is 1.65. The molecule has 11 heteroatoms. The van der Waals surface area contributed by atoms with Crippen molar-refractivity contribution in [3.05, 3.63) is 22.8 Å². The number of nitrogens with zero attached hydrogens (tertiary/aromatic N) is 5. The van der Waals surface area contributed by atoms with Gasteiger partial charge in [0.05, 0.1) is 19.1 Å². The predicted octanol–water partition coefficient (Wildman–Crippen LogP) is 1.78. The molecule has 2 aromatic heterocycles. The average Bonchev–Trinajstić information content (AvgIpc) is 3.08. The summed E-state index contributed by atoms with van der Waals surface area (Å²) in [5, 5.41) is 6.37. The van der Waals surface area contributed by atoms with Crippen LogP contribution in [0.25, 0.3) is 5.78 Å². The first-order chi connectivity index (χ1) is 14.0. The molecule has 0 spiro atoms. The highest BCUT2D eigenvalue weighted by Crippen LogP contribution is 2.27. The van der Waals surface area contributed by atoms with Crippen molar-refractivity contribution in [3.8, 4) is 0 Å². The molecule has 3 rings (SSSR count).